The summed E-state index contributed by atoms with van der Waals surface area (Å²) in [7, 11) is 0. The van der Waals surface area contributed by atoms with E-state index in [9.17, 15) is 9.59 Å². The van der Waals surface area contributed by atoms with Gasteiger partial charge in [-0.15, -0.1) is 11.3 Å². The number of thiocarbonyl (C=S) groups is 1. The molecule has 6 nitrogen and oxygen atoms in total. The molecule has 35 heavy (non-hydrogen) atoms. The number of hydrogen-bond donors (Lipinski definition) is 3. The lowest BCUT2D eigenvalue weighted by molar-refractivity contribution is 0.0950. The van der Waals surface area contributed by atoms with Gasteiger partial charge in [-0.1, -0.05) is 44.0 Å². The van der Waals surface area contributed by atoms with Crippen molar-refractivity contribution >= 4 is 68.7 Å². The highest BCUT2D eigenvalue weighted by Gasteiger charge is 2.33. The molecule has 2 heterocycles. The summed E-state index contributed by atoms with van der Waals surface area (Å²) in [6.07, 6.45) is 2.66. The Morgan fingerprint density at radius 2 is 1.94 bits per heavy atom. The van der Waals surface area contributed by atoms with Gasteiger partial charge in [0.1, 0.15) is 10.8 Å². The maximum atomic E-state index is 12.7. The zero-order valence-corrected chi connectivity index (χ0v) is 22.6. The van der Waals surface area contributed by atoms with Crippen molar-refractivity contribution in [3.05, 3.63) is 62.1 Å². The van der Waals surface area contributed by atoms with Crippen LogP contribution in [-0.4, -0.2) is 16.9 Å². The van der Waals surface area contributed by atoms with E-state index in [1.165, 1.54) is 17.4 Å². The Bertz CT molecular complexity index is 1320. The van der Waals surface area contributed by atoms with Crippen LogP contribution in [0.2, 0.25) is 10.0 Å². The molecule has 1 aliphatic rings. The van der Waals surface area contributed by atoms with Crippen LogP contribution in [0, 0.1) is 11.3 Å². The minimum absolute atomic E-state index is 0.0437. The first-order valence-corrected chi connectivity index (χ1v) is 13.0. The summed E-state index contributed by atoms with van der Waals surface area (Å²) in [5.41, 5.74) is 7.88. The first-order valence-electron chi connectivity index (χ1n) is 11.1. The van der Waals surface area contributed by atoms with E-state index in [1.54, 1.807) is 24.3 Å². The van der Waals surface area contributed by atoms with Crippen molar-refractivity contribution in [2.75, 3.05) is 5.32 Å². The summed E-state index contributed by atoms with van der Waals surface area (Å²) in [5.74, 6) is -0.0928. The van der Waals surface area contributed by atoms with Gasteiger partial charge in [-0.25, -0.2) is 0 Å². The smallest absolute Gasteiger partial charge is 0.293 e. The molecule has 1 atom stereocenters. The van der Waals surface area contributed by atoms with Gasteiger partial charge in [0.05, 0.1) is 10.6 Å². The Morgan fingerprint density at radius 3 is 2.63 bits per heavy atom. The largest absolute Gasteiger partial charge is 0.451 e. The highest BCUT2D eigenvalue weighted by molar-refractivity contribution is 7.80. The SMILES string of the molecule is CC(C)(C)[C@@H]1CCc2c(sc(NC(=S)NC(=O)c3ccc(-c4cc(Cl)ccc4Cl)o3)c2C(N)=O)C1. The van der Waals surface area contributed by atoms with Gasteiger partial charge in [-0.05, 0) is 78.7 Å². The summed E-state index contributed by atoms with van der Waals surface area (Å²) in [6, 6.07) is 8.13. The van der Waals surface area contributed by atoms with E-state index in [0.29, 0.717) is 37.9 Å². The van der Waals surface area contributed by atoms with E-state index < -0.39 is 11.8 Å². The van der Waals surface area contributed by atoms with Crippen molar-refractivity contribution < 1.29 is 14.0 Å². The Labute approximate surface area is 223 Å². The molecule has 1 aliphatic carbocycles. The average Bonchev–Trinajstić information content (AvgIpc) is 3.39. The zero-order chi connectivity index (χ0) is 25.5. The number of rotatable bonds is 4. The number of benzene rings is 1. The van der Waals surface area contributed by atoms with E-state index in [0.717, 1.165) is 29.7 Å². The van der Waals surface area contributed by atoms with E-state index in [2.05, 4.69) is 31.4 Å². The quantitative estimate of drug-likeness (QED) is 0.315. The summed E-state index contributed by atoms with van der Waals surface area (Å²) in [6.45, 7) is 6.69. The molecule has 4 rings (SSSR count). The van der Waals surface area contributed by atoms with Gasteiger partial charge < -0.3 is 15.5 Å². The molecular weight excluding hydrogens is 525 g/mol. The van der Waals surface area contributed by atoms with E-state index in [1.807, 2.05) is 0 Å². The van der Waals surface area contributed by atoms with Crippen LogP contribution in [-0.2, 0) is 12.8 Å². The van der Waals surface area contributed by atoms with Gasteiger partial charge in [-0.2, -0.15) is 0 Å². The van der Waals surface area contributed by atoms with Crippen LogP contribution in [0.25, 0.3) is 11.3 Å². The minimum Gasteiger partial charge on any atom is -0.451 e. The summed E-state index contributed by atoms with van der Waals surface area (Å²) >= 11 is 19.1. The van der Waals surface area contributed by atoms with Crippen molar-refractivity contribution in [2.24, 2.45) is 17.1 Å². The second kappa shape index (κ2) is 9.93. The Balaban J connectivity index is 1.49. The molecule has 10 heteroatoms. The number of thiophene rings is 1. The highest BCUT2D eigenvalue weighted by atomic mass is 35.5. The van der Waals surface area contributed by atoms with Crippen LogP contribution < -0.4 is 16.4 Å². The Hall–Kier alpha value is -2.39. The highest BCUT2D eigenvalue weighted by Crippen LogP contribution is 2.44. The molecule has 0 saturated heterocycles. The minimum atomic E-state index is -0.540. The predicted octanol–water partition coefficient (Wildman–Crippen LogP) is 6.69. The standard InChI is InChI=1S/C25H25Cl2N3O3S2/c1-25(2,3)12-4-6-14-19(10-12)35-23(20(14)21(28)31)30-24(34)29-22(32)18-9-8-17(33-18)15-11-13(26)5-7-16(15)27/h5,7-9,11-12H,4,6,10H2,1-3H3,(H2,28,31)(H2,29,30,32,34)/t12-/m1/s1. The number of hydrogen-bond acceptors (Lipinski definition) is 5. The summed E-state index contributed by atoms with van der Waals surface area (Å²) in [4.78, 5) is 26.1. The molecular formula is C25H25Cl2N3O3S2. The fourth-order valence-electron chi connectivity index (χ4n) is 4.26. The number of furan rings is 1. The fourth-order valence-corrected chi connectivity index (χ4v) is 6.24. The number of halogens is 2. The second-order valence-electron chi connectivity index (χ2n) is 9.57. The third-order valence-electron chi connectivity index (χ3n) is 6.21. The van der Waals surface area contributed by atoms with E-state index >= 15 is 0 Å². The molecule has 0 unspecified atom stereocenters. The van der Waals surface area contributed by atoms with Gasteiger partial charge in [0.15, 0.2) is 10.9 Å². The molecule has 2 aromatic heterocycles. The lowest BCUT2D eigenvalue weighted by atomic mass is 9.72. The Morgan fingerprint density at radius 1 is 1.20 bits per heavy atom. The zero-order valence-electron chi connectivity index (χ0n) is 19.5. The van der Waals surface area contributed by atoms with Crippen LogP contribution in [0.4, 0.5) is 5.00 Å². The van der Waals surface area contributed by atoms with Crippen LogP contribution in [0.5, 0.6) is 0 Å². The maximum Gasteiger partial charge on any atom is 0.293 e. The number of nitrogens with one attached hydrogen (secondary N) is 2. The Kier molecular flexibility index (Phi) is 7.29. The van der Waals surface area contributed by atoms with E-state index in [-0.39, 0.29) is 16.3 Å². The second-order valence-corrected chi connectivity index (χ2v) is 11.9. The number of nitrogens with two attached hydrogens (primary N) is 1. The first kappa shape index (κ1) is 25.7. The topological polar surface area (TPSA) is 97.4 Å². The normalized spacial score (nSPS) is 15.4. The summed E-state index contributed by atoms with van der Waals surface area (Å²) in [5, 5.41) is 7.13. The number of primary amides is 1. The fraction of sp³-hybridized carbons (Fsp3) is 0.320. The van der Waals surface area contributed by atoms with Crippen molar-refractivity contribution in [3.63, 3.8) is 0 Å². The number of fused-ring (bicyclic) bond motifs is 1. The van der Waals surface area contributed by atoms with Crippen molar-refractivity contribution in [3.8, 4) is 11.3 Å². The molecule has 2 amide bonds. The lowest BCUT2D eigenvalue weighted by Gasteiger charge is -2.33. The summed E-state index contributed by atoms with van der Waals surface area (Å²) < 4.78 is 5.68. The van der Waals surface area contributed by atoms with Crippen molar-refractivity contribution in [2.45, 2.75) is 40.0 Å². The lowest BCUT2D eigenvalue weighted by Crippen LogP contribution is -2.34. The molecule has 0 radical (unpaired) electrons. The molecule has 0 fully saturated rings. The molecule has 0 aliphatic heterocycles. The third kappa shape index (κ3) is 5.56. The van der Waals surface area contributed by atoms with Gasteiger partial charge in [0.25, 0.3) is 11.8 Å². The van der Waals surface area contributed by atoms with Crippen molar-refractivity contribution in [1.82, 2.24) is 5.32 Å². The van der Waals surface area contributed by atoms with Gasteiger partial charge >= 0.3 is 0 Å². The molecule has 0 spiro atoms. The van der Waals surface area contributed by atoms with Crippen molar-refractivity contribution in [1.29, 1.82) is 0 Å². The monoisotopic (exact) mass is 549 g/mol. The molecule has 3 aromatic rings. The van der Waals surface area contributed by atoms with Crippen LogP contribution >= 0.6 is 46.8 Å². The molecule has 184 valence electrons. The number of carbonyl (C=O) groups excluding carboxylic acids is 2. The molecule has 4 N–H and O–H groups in total. The molecule has 0 bridgehead atoms. The number of carbonyl (C=O) groups is 2. The third-order valence-corrected chi connectivity index (χ3v) is 8.15. The van der Waals surface area contributed by atoms with Crippen LogP contribution in [0.15, 0.2) is 34.7 Å². The molecule has 0 saturated carbocycles. The molecule has 1 aromatic carbocycles. The number of anilines is 1. The van der Waals surface area contributed by atoms with Gasteiger partial charge in [0.2, 0.25) is 0 Å². The predicted molar refractivity (Wildman–Crippen MR) is 146 cm³/mol. The van der Waals surface area contributed by atoms with Gasteiger partial charge in [-0.3, -0.25) is 14.9 Å². The van der Waals surface area contributed by atoms with Crippen LogP contribution in [0.3, 0.4) is 0 Å². The average molecular weight is 551 g/mol. The maximum absolute atomic E-state index is 12.7. The van der Waals surface area contributed by atoms with E-state index in [4.69, 9.17) is 45.6 Å². The first-order chi connectivity index (χ1) is 16.4. The van der Waals surface area contributed by atoms with Crippen LogP contribution in [0.1, 0.15) is 58.5 Å². The van der Waals surface area contributed by atoms with Gasteiger partial charge in [0, 0.05) is 15.5 Å². The number of amides is 2.